The van der Waals surface area contributed by atoms with E-state index in [0.29, 0.717) is 10.2 Å². The summed E-state index contributed by atoms with van der Waals surface area (Å²) >= 11 is 9.18. The molecule has 2 rings (SSSR count). The third kappa shape index (κ3) is 3.69. The highest BCUT2D eigenvalue weighted by atomic mass is 79.9. The number of hydrazine groups is 1. The molecule has 0 atom stereocenters. The van der Waals surface area contributed by atoms with Crippen molar-refractivity contribution in [3.8, 4) is 0 Å². The van der Waals surface area contributed by atoms with Crippen molar-refractivity contribution in [2.75, 3.05) is 5.32 Å². The SMILES string of the molecule is NNC(=Nc1c(Cl)cc(F)cc1Br)Nc1ccccc1. The summed E-state index contributed by atoms with van der Waals surface area (Å²) < 4.78 is 13.6. The molecule has 2 aromatic rings. The third-order valence-corrected chi connectivity index (χ3v) is 3.27. The molecule has 4 nitrogen and oxygen atoms in total. The molecule has 0 aliphatic rings. The zero-order valence-electron chi connectivity index (χ0n) is 10.2. The first kappa shape index (κ1) is 14.8. The lowest BCUT2D eigenvalue weighted by Gasteiger charge is -2.10. The van der Waals surface area contributed by atoms with Crippen LogP contribution in [-0.2, 0) is 0 Å². The number of guanidine groups is 1. The molecule has 0 saturated heterocycles. The van der Waals surface area contributed by atoms with Crippen LogP contribution in [0.2, 0.25) is 5.02 Å². The summed E-state index contributed by atoms with van der Waals surface area (Å²) in [5.41, 5.74) is 3.62. The number of nitrogens with one attached hydrogen (secondary N) is 2. The Hall–Kier alpha value is -1.63. The van der Waals surface area contributed by atoms with Gasteiger partial charge in [0.15, 0.2) is 0 Å². The Morgan fingerprint density at radius 1 is 1.25 bits per heavy atom. The molecule has 0 spiro atoms. The number of halogens is 3. The standard InChI is InChI=1S/C13H11BrClFN4/c14-10-6-8(16)7-11(15)12(10)19-13(20-17)18-9-4-2-1-3-5-9/h1-7H,17H2,(H2,18,19,20). The Labute approximate surface area is 128 Å². The van der Waals surface area contributed by atoms with E-state index in [4.69, 9.17) is 17.4 Å². The van der Waals surface area contributed by atoms with Crippen molar-refractivity contribution < 1.29 is 4.39 Å². The van der Waals surface area contributed by atoms with E-state index in [1.165, 1.54) is 12.1 Å². The molecule has 0 radical (unpaired) electrons. The molecule has 0 heterocycles. The summed E-state index contributed by atoms with van der Waals surface area (Å²) in [5, 5.41) is 3.17. The van der Waals surface area contributed by atoms with Crippen LogP contribution in [0.15, 0.2) is 51.9 Å². The van der Waals surface area contributed by atoms with Gasteiger partial charge in [-0.15, -0.1) is 0 Å². The van der Waals surface area contributed by atoms with Crippen molar-refractivity contribution >= 4 is 44.9 Å². The van der Waals surface area contributed by atoms with Gasteiger partial charge in [0, 0.05) is 10.2 Å². The van der Waals surface area contributed by atoms with Gasteiger partial charge in [-0.1, -0.05) is 29.8 Å². The first-order valence-electron chi connectivity index (χ1n) is 5.62. The molecular weight excluding hydrogens is 347 g/mol. The zero-order chi connectivity index (χ0) is 14.5. The Balaban J connectivity index is 2.32. The van der Waals surface area contributed by atoms with Crippen LogP contribution in [0, 0.1) is 5.82 Å². The normalized spacial score (nSPS) is 11.3. The van der Waals surface area contributed by atoms with Crippen molar-refractivity contribution in [1.82, 2.24) is 5.43 Å². The second kappa shape index (κ2) is 6.69. The number of benzene rings is 2. The maximum Gasteiger partial charge on any atom is 0.215 e. The molecule has 4 N–H and O–H groups in total. The summed E-state index contributed by atoms with van der Waals surface area (Å²) in [4.78, 5) is 4.24. The minimum absolute atomic E-state index is 0.180. The zero-order valence-corrected chi connectivity index (χ0v) is 12.5. The molecular formula is C13H11BrClFN4. The predicted molar refractivity (Wildman–Crippen MR) is 83.6 cm³/mol. The molecule has 7 heteroatoms. The van der Waals surface area contributed by atoms with Gasteiger partial charge in [-0.05, 0) is 40.2 Å². The van der Waals surface area contributed by atoms with Crippen LogP contribution in [0.1, 0.15) is 0 Å². The Morgan fingerprint density at radius 3 is 2.55 bits per heavy atom. The number of hydrogen-bond acceptors (Lipinski definition) is 2. The average Bonchev–Trinajstić information content (AvgIpc) is 2.42. The van der Waals surface area contributed by atoms with Crippen LogP contribution >= 0.6 is 27.5 Å². The molecule has 104 valence electrons. The fourth-order valence-corrected chi connectivity index (χ4v) is 2.39. The van der Waals surface area contributed by atoms with Gasteiger partial charge < -0.3 is 5.32 Å². The lowest BCUT2D eigenvalue weighted by molar-refractivity contribution is 0.627. The monoisotopic (exact) mass is 356 g/mol. The first-order valence-corrected chi connectivity index (χ1v) is 6.79. The summed E-state index contributed by atoms with van der Waals surface area (Å²) in [5.74, 6) is 5.26. The molecule has 0 aromatic heterocycles. The number of nitrogens with zero attached hydrogens (tertiary/aromatic N) is 1. The number of para-hydroxylation sites is 1. The van der Waals surface area contributed by atoms with Crippen molar-refractivity contribution in [2.45, 2.75) is 0 Å². The van der Waals surface area contributed by atoms with E-state index in [1.807, 2.05) is 30.3 Å². The summed E-state index contributed by atoms with van der Waals surface area (Å²) in [7, 11) is 0. The van der Waals surface area contributed by atoms with Gasteiger partial charge in [-0.2, -0.15) is 0 Å². The van der Waals surface area contributed by atoms with E-state index in [2.05, 4.69) is 31.7 Å². The third-order valence-electron chi connectivity index (χ3n) is 2.38. The van der Waals surface area contributed by atoms with Crippen LogP contribution in [0.3, 0.4) is 0 Å². The quantitative estimate of drug-likeness (QED) is 0.331. The molecule has 0 fully saturated rings. The van der Waals surface area contributed by atoms with E-state index in [0.717, 1.165) is 5.69 Å². The van der Waals surface area contributed by atoms with E-state index < -0.39 is 5.82 Å². The largest absolute Gasteiger partial charge is 0.325 e. The van der Waals surface area contributed by atoms with Gasteiger partial charge in [-0.3, -0.25) is 5.43 Å². The van der Waals surface area contributed by atoms with Crippen molar-refractivity contribution in [1.29, 1.82) is 0 Å². The van der Waals surface area contributed by atoms with Crippen LogP contribution in [0.25, 0.3) is 0 Å². The van der Waals surface area contributed by atoms with Crippen molar-refractivity contribution in [2.24, 2.45) is 10.8 Å². The van der Waals surface area contributed by atoms with E-state index in [9.17, 15) is 4.39 Å². The van der Waals surface area contributed by atoms with E-state index >= 15 is 0 Å². The number of anilines is 1. The highest BCUT2D eigenvalue weighted by molar-refractivity contribution is 9.10. The van der Waals surface area contributed by atoms with Crippen LogP contribution in [-0.4, -0.2) is 5.96 Å². The van der Waals surface area contributed by atoms with Crippen LogP contribution < -0.4 is 16.6 Å². The smallest absolute Gasteiger partial charge is 0.215 e. The average molecular weight is 358 g/mol. The van der Waals surface area contributed by atoms with Gasteiger partial charge in [0.1, 0.15) is 11.5 Å². The minimum Gasteiger partial charge on any atom is -0.325 e. The highest BCUT2D eigenvalue weighted by Crippen LogP contribution is 2.34. The molecule has 2 aromatic carbocycles. The second-order valence-corrected chi connectivity index (χ2v) is 5.08. The molecule has 0 bridgehead atoms. The fraction of sp³-hybridized carbons (Fsp3) is 0. The molecule has 0 aliphatic carbocycles. The Bertz CT molecular complexity index is 611. The molecule has 0 unspecified atom stereocenters. The second-order valence-electron chi connectivity index (χ2n) is 3.81. The van der Waals surface area contributed by atoms with Crippen LogP contribution in [0.4, 0.5) is 15.8 Å². The van der Waals surface area contributed by atoms with E-state index in [-0.39, 0.29) is 11.0 Å². The van der Waals surface area contributed by atoms with Gasteiger partial charge in [0.2, 0.25) is 5.96 Å². The Morgan fingerprint density at radius 2 is 1.95 bits per heavy atom. The molecule has 0 amide bonds. The van der Waals surface area contributed by atoms with Crippen LogP contribution in [0.5, 0.6) is 0 Å². The number of hydrogen-bond donors (Lipinski definition) is 3. The van der Waals surface area contributed by atoms with Gasteiger partial charge in [0.25, 0.3) is 0 Å². The lowest BCUT2D eigenvalue weighted by Crippen LogP contribution is -2.36. The summed E-state index contributed by atoms with van der Waals surface area (Å²) in [6, 6.07) is 11.8. The van der Waals surface area contributed by atoms with Crippen molar-refractivity contribution in [3.05, 3.63) is 57.8 Å². The van der Waals surface area contributed by atoms with Crippen molar-refractivity contribution in [3.63, 3.8) is 0 Å². The number of nitrogens with two attached hydrogens (primary N) is 1. The molecule has 20 heavy (non-hydrogen) atoms. The van der Waals surface area contributed by atoms with E-state index in [1.54, 1.807) is 0 Å². The maximum absolute atomic E-state index is 13.2. The first-order chi connectivity index (χ1) is 9.60. The number of rotatable bonds is 2. The van der Waals surface area contributed by atoms with Gasteiger partial charge in [-0.25, -0.2) is 15.2 Å². The summed E-state index contributed by atoms with van der Waals surface area (Å²) in [6.07, 6.45) is 0. The Kier molecular flexibility index (Phi) is 4.94. The van der Waals surface area contributed by atoms with Gasteiger partial charge >= 0.3 is 0 Å². The minimum atomic E-state index is -0.445. The summed E-state index contributed by atoms with van der Waals surface area (Å²) in [6.45, 7) is 0. The topological polar surface area (TPSA) is 62.4 Å². The molecule has 0 aliphatic heterocycles. The predicted octanol–water partition coefficient (Wildman–Crippen LogP) is 3.80. The molecule has 0 saturated carbocycles. The number of aliphatic imine (C=N–C) groups is 1. The highest BCUT2D eigenvalue weighted by Gasteiger charge is 2.09. The van der Waals surface area contributed by atoms with Gasteiger partial charge in [0.05, 0.1) is 5.02 Å². The maximum atomic E-state index is 13.2. The lowest BCUT2D eigenvalue weighted by atomic mass is 10.3. The fourth-order valence-electron chi connectivity index (χ4n) is 1.51.